The van der Waals surface area contributed by atoms with Crippen LogP contribution in [0.3, 0.4) is 0 Å². The minimum Gasteiger partial charge on any atom is -0.365 e. The summed E-state index contributed by atoms with van der Waals surface area (Å²) in [6.45, 7) is 1.82. The Morgan fingerprint density at radius 2 is 2.09 bits per heavy atom. The highest BCUT2D eigenvalue weighted by molar-refractivity contribution is 5.27. The number of hydrogen-bond acceptors (Lipinski definition) is 3. The first-order chi connectivity index (χ1) is 5.25. The molecule has 0 saturated heterocycles. The monoisotopic (exact) mass is 151 g/mol. The Morgan fingerprint density at radius 3 is 2.64 bits per heavy atom. The van der Waals surface area contributed by atoms with Gasteiger partial charge in [-0.2, -0.15) is 0 Å². The third-order valence-corrected chi connectivity index (χ3v) is 1.57. The van der Waals surface area contributed by atoms with Crippen LogP contribution in [0.5, 0.6) is 0 Å². The normalized spacial score (nSPS) is 12.5. The van der Waals surface area contributed by atoms with Crippen molar-refractivity contribution in [3.63, 3.8) is 0 Å². The van der Waals surface area contributed by atoms with Crippen molar-refractivity contribution in [1.29, 1.82) is 0 Å². The minimum absolute atomic E-state index is 0.572. The molecule has 0 amide bonds. The van der Waals surface area contributed by atoms with Gasteiger partial charge in [-0.1, -0.05) is 24.3 Å². The Balaban J connectivity index is 3.02. The highest BCUT2D eigenvalue weighted by atomic mass is 16.3. The van der Waals surface area contributed by atoms with Crippen molar-refractivity contribution in [2.45, 2.75) is 13.2 Å². The van der Waals surface area contributed by atoms with E-state index >= 15 is 0 Å². The highest BCUT2D eigenvalue weighted by Crippen LogP contribution is 2.17. The second-order valence-electron chi connectivity index (χ2n) is 2.34. The number of aryl methyl sites for hydroxylation is 1. The molecule has 0 aliphatic rings. The summed E-state index contributed by atoms with van der Waals surface area (Å²) in [7, 11) is 0. The highest BCUT2D eigenvalue weighted by Gasteiger charge is 2.07. The SMILES string of the molecule is Cc1ccccc1C(O)N=O. The van der Waals surface area contributed by atoms with E-state index in [4.69, 9.17) is 5.11 Å². The van der Waals surface area contributed by atoms with Gasteiger partial charge in [0.2, 0.25) is 6.23 Å². The van der Waals surface area contributed by atoms with Gasteiger partial charge in [0.25, 0.3) is 0 Å². The molecule has 1 atom stereocenters. The van der Waals surface area contributed by atoms with Crippen molar-refractivity contribution in [3.05, 3.63) is 40.3 Å². The van der Waals surface area contributed by atoms with Crippen LogP contribution in [0.25, 0.3) is 0 Å². The molecule has 0 aliphatic carbocycles. The molecule has 1 aromatic rings. The maximum atomic E-state index is 9.96. The standard InChI is InChI=1S/C8H9NO2/c1-6-4-2-3-5-7(6)8(10)9-11/h2-5,8,10H,1H3. The molecule has 1 N–H and O–H groups in total. The van der Waals surface area contributed by atoms with Gasteiger partial charge in [-0.3, -0.25) is 0 Å². The van der Waals surface area contributed by atoms with Crippen molar-refractivity contribution in [2.24, 2.45) is 5.18 Å². The molecule has 3 heteroatoms. The van der Waals surface area contributed by atoms with Gasteiger partial charge in [-0.25, -0.2) is 0 Å². The van der Waals surface area contributed by atoms with E-state index in [0.29, 0.717) is 5.56 Å². The molecule has 58 valence electrons. The average molecular weight is 151 g/mol. The summed E-state index contributed by atoms with van der Waals surface area (Å²) < 4.78 is 0. The van der Waals surface area contributed by atoms with Crippen molar-refractivity contribution < 1.29 is 5.11 Å². The molecule has 0 bridgehead atoms. The van der Waals surface area contributed by atoms with E-state index in [0.717, 1.165) is 5.56 Å². The Hall–Kier alpha value is -1.22. The van der Waals surface area contributed by atoms with Crippen LogP contribution in [0.15, 0.2) is 29.4 Å². The van der Waals surface area contributed by atoms with Crippen molar-refractivity contribution >= 4 is 0 Å². The van der Waals surface area contributed by atoms with Crippen LogP contribution in [-0.2, 0) is 0 Å². The fourth-order valence-corrected chi connectivity index (χ4v) is 0.933. The Kier molecular flexibility index (Phi) is 2.33. The number of aliphatic hydroxyl groups excluding tert-OH is 1. The number of rotatable bonds is 2. The Labute approximate surface area is 64.7 Å². The maximum absolute atomic E-state index is 9.96. The first-order valence-corrected chi connectivity index (χ1v) is 3.31. The zero-order valence-electron chi connectivity index (χ0n) is 6.19. The van der Waals surface area contributed by atoms with Crippen LogP contribution in [0.4, 0.5) is 0 Å². The molecule has 11 heavy (non-hydrogen) atoms. The lowest BCUT2D eigenvalue weighted by atomic mass is 10.1. The van der Waals surface area contributed by atoms with Crippen LogP contribution < -0.4 is 0 Å². The smallest absolute Gasteiger partial charge is 0.213 e. The molecule has 0 radical (unpaired) electrons. The van der Waals surface area contributed by atoms with Crippen LogP contribution in [0.1, 0.15) is 17.4 Å². The van der Waals surface area contributed by atoms with Gasteiger partial charge in [-0.15, -0.1) is 4.91 Å². The zero-order chi connectivity index (χ0) is 8.27. The lowest BCUT2D eigenvalue weighted by molar-refractivity contribution is 0.186. The van der Waals surface area contributed by atoms with Gasteiger partial charge in [0.1, 0.15) is 0 Å². The molecule has 1 rings (SSSR count). The van der Waals surface area contributed by atoms with E-state index in [1.165, 1.54) is 0 Å². The van der Waals surface area contributed by atoms with E-state index in [-0.39, 0.29) is 0 Å². The van der Waals surface area contributed by atoms with Crippen molar-refractivity contribution in [3.8, 4) is 0 Å². The largest absolute Gasteiger partial charge is 0.365 e. The third-order valence-electron chi connectivity index (χ3n) is 1.57. The summed E-state index contributed by atoms with van der Waals surface area (Å²) in [4.78, 5) is 9.96. The molecule has 1 unspecified atom stereocenters. The van der Waals surface area contributed by atoms with Gasteiger partial charge in [-0.05, 0) is 17.7 Å². The molecule has 0 saturated carbocycles. The average Bonchev–Trinajstić information content (AvgIpc) is 2.04. The first kappa shape index (κ1) is 7.88. The third kappa shape index (κ3) is 1.62. The van der Waals surface area contributed by atoms with Crippen LogP contribution in [0, 0.1) is 11.8 Å². The van der Waals surface area contributed by atoms with E-state index in [9.17, 15) is 4.91 Å². The summed E-state index contributed by atoms with van der Waals surface area (Å²) in [5.41, 5.74) is 1.45. The van der Waals surface area contributed by atoms with Crippen LogP contribution in [-0.4, -0.2) is 5.11 Å². The molecular weight excluding hydrogens is 142 g/mol. The Morgan fingerprint density at radius 1 is 1.45 bits per heavy atom. The number of nitroso groups, excluding NO2 is 1. The van der Waals surface area contributed by atoms with Gasteiger partial charge in [0.05, 0.1) is 0 Å². The molecule has 0 aromatic heterocycles. The second-order valence-corrected chi connectivity index (χ2v) is 2.34. The van der Waals surface area contributed by atoms with Crippen molar-refractivity contribution in [2.75, 3.05) is 0 Å². The Bertz CT molecular complexity index is 260. The number of hydrogen-bond donors (Lipinski definition) is 1. The maximum Gasteiger partial charge on any atom is 0.213 e. The summed E-state index contributed by atoms with van der Waals surface area (Å²) in [5, 5.41) is 11.6. The number of nitrogens with zero attached hydrogens (tertiary/aromatic N) is 1. The zero-order valence-corrected chi connectivity index (χ0v) is 6.19. The fraction of sp³-hybridized carbons (Fsp3) is 0.250. The number of aliphatic hydroxyl groups is 1. The van der Waals surface area contributed by atoms with E-state index < -0.39 is 6.23 Å². The lowest BCUT2D eigenvalue weighted by Gasteiger charge is -2.04. The topological polar surface area (TPSA) is 49.7 Å². The molecule has 0 aliphatic heterocycles. The first-order valence-electron chi connectivity index (χ1n) is 3.31. The van der Waals surface area contributed by atoms with Gasteiger partial charge >= 0.3 is 0 Å². The molecule has 1 aromatic carbocycles. The summed E-state index contributed by atoms with van der Waals surface area (Å²) in [5.74, 6) is 0. The predicted octanol–water partition coefficient (Wildman–Crippen LogP) is 1.75. The summed E-state index contributed by atoms with van der Waals surface area (Å²) >= 11 is 0. The van der Waals surface area contributed by atoms with Crippen LogP contribution in [0.2, 0.25) is 0 Å². The van der Waals surface area contributed by atoms with Gasteiger partial charge in [0.15, 0.2) is 0 Å². The second kappa shape index (κ2) is 3.25. The van der Waals surface area contributed by atoms with E-state index in [2.05, 4.69) is 5.18 Å². The molecule has 0 spiro atoms. The minimum atomic E-state index is -1.23. The lowest BCUT2D eigenvalue weighted by Crippen LogP contribution is -1.94. The fourth-order valence-electron chi connectivity index (χ4n) is 0.933. The van der Waals surface area contributed by atoms with E-state index in [1.54, 1.807) is 12.1 Å². The van der Waals surface area contributed by atoms with Crippen molar-refractivity contribution in [1.82, 2.24) is 0 Å². The quantitative estimate of drug-likeness (QED) is 0.654. The van der Waals surface area contributed by atoms with E-state index in [1.807, 2.05) is 19.1 Å². The molecule has 3 nitrogen and oxygen atoms in total. The summed E-state index contributed by atoms with van der Waals surface area (Å²) in [6.07, 6.45) is -1.23. The van der Waals surface area contributed by atoms with Gasteiger partial charge in [0, 0.05) is 5.56 Å². The molecule has 0 fully saturated rings. The number of benzene rings is 1. The molecular formula is C8H9NO2. The van der Waals surface area contributed by atoms with Crippen LogP contribution >= 0.6 is 0 Å². The predicted molar refractivity (Wildman–Crippen MR) is 41.9 cm³/mol. The summed E-state index contributed by atoms with van der Waals surface area (Å²) in [6, 6.07) is 7.11. The molecule has 0 heterocycles. The van der Waals surface area contributed by atoms with Gasteiger partial charge < -0.3 is 5.11 Å².